The lowest BCUT2D eigenvalue weighted by Gasteiger charge is -2.11. The number of rotatable bonds is 6. The summed E-state index contributed by atoms with van der Waals surface area (Å²) >= 11 is 0. The number of carbonyl (C=O) groups is 1. The van der Waals surface area contributed by atoms with Crippen molar-refractivity contribution >= 4 is 5.91 Å². The number of hydrogen-bond donors (Lipinski definition) is 3. The molecule has 6 heteroatoms. The maximum atomic E-state index is 12.1. The fourth-order valence-corrected chi connectivity index (χ4v) is 1.94. The molecule has 1 atom stereocenters. The summed E-state index contributed by atoms with van der Waals surface area (Å²) in [5.74, 6) is -0.351. The van der Waals surface area contributed by atoms with Gasteiger partial charge in [-0.2, -0.15) is 5.10 Å². The number of nitrogens with zero attached hydrogens (tertiary/aromatic N) is 1. The molecule has 106 valence electrons. The van der Waals surface area contributed by atoms with Crippen LogP contribution in [0.15, 0.2) is 4.79 Å². The molecule has 0 aliphatic heterocycles. The van der Waals surface area contributed by atoms with Gasteiger partial charge in [0, 0.05) is 12.6 Å². The Morgan fingerprint density at radius 3 is 2.63 bits per heavy atom. The third-order valence-electron chi connectivity index (χ3n) is 2.97. The van der Waals surface area contributed by atoms with Crippen molar-refractivity contribution in [3.63, 3.8) is 0 Å². The monoisotopic (exact) mass is 266 g/mol. The summed E-state index contributed by atoms with van der Waals surface area (Å²) in [5, 5.41) is 9.10. The maximum Gasteiger partial charge on any atom is 0.277 e. The Balaban J connectivity index is 2.98. The Bertz CT molecular complexity index is 494. The van der Waals surface area contributed by atoms with Crippen molar-refractivity contribution in [1.82, 2.24) is 15.5 Å². The summed E-state index contributed by atoms with van der Waals surface area (Å²) in [6, 6.07) is 0.0212. The van der Waals surface area contributed by atoms with Crippen molar-refractivity contribution in [3.05, 3.63) is 27.2 Å². The fourth-order valence-electron chi connectivity index (χ4n) is 1.94. The predicted octanol–water partition coefficient (Wildman–Crippen LogP) is 0.362. The van der Waals surface area contributed by atoms with Crippen molar-refractivity contribution in [3.8, 4) is 0 Å². The van der Waals surface area contributed by atoms with Gasteiger partial charge in [-0.1, -0.05) is 13.8 Å². The molecule has 1 heterocycles. The van der Waals surface area contributed by atoms with Gasteiger partial charge in [-0.3, -0.25) is 9.59 Å². The number of nitrogens with one attached hydrogen (secondary N) is 2. The van der Waals surface area contributed by atoms with Crippen molar-refractivity contribution < 1.29 is 4.79 Å². The second kappa shape index (κ2) is 7.04. The molecule has 1 aromatic rings. The second-order valence-electron chi connectivity index (χ2n) is 4.58. The Kier molecular flexibility index (Phi) is 5.69. The molecule has 0 bridgehead atoms. The third kappa shape index (κ3) is 3.89. The molecular weight excluding hydrogens is 244 g/mol. The second-order valence-corrected chi connectivity index (χ2v) is 4.58. The van der Waals surface area contributed by atoms with Crippen LogP contribution in [-0.2, 0) is 12.8 Å². The van der Waals surface area contributed by atoms with Crippen molar-refractivity contribution in [1.29, 1.82) is 0 Å². The van der Waals surface area contributed by atoms with Gasteiger partial charge < -0.3 is 11.1 Å². The Morgan fingerprint density at radius 2 is 2.11 bits per heavy atom. The SMILES string of the molecule is CCc1n[nH]c(=O)c(C(=O)NCCC(C)N)c1CC. The lowest BCUT2D eigenvalue weighted by atomic mass is 10.0. The summed E-state index contributed by atoms with van der Waals surface area (Å²) in [5.41, 5.74) is 6.85. The smallest absolute Gasteiger partial charge is 0.277 e. The first-order valence-electron chi connectivity index (χ1n) is 6.65. The van der Waals surface area contributed by atoms with E-state index in [1.54, 1.807) is 0 Å². The van der Waals surface area contributed by atoms with E-state index < -0.39 is 5.56 Å². The molecule has 1 rings (SSSR count). The van der Waals surface area contributed by atoms with Gasteiger partial charge in [0.25, 0.3) is 11.5 Å². The molecule has 1 aromatic heterocycles. The van der Waals surface area contributed by atoms with Crippen LogP contribution < -0.4 is 16.6 Å². The average molecular weight is 266 g/mol. The van der Waals surface area contributed by atoms with E-state index in [1.165, 1.54) is 0 Å². The topological polar surface area (TPSA) is 101 Å². The van der Waals surface area contributed by atoms with Crippen LogP contribution in [0.25, 0.3) is 0 Å². The molecule has 0 saturated carbocycles. The first-order valence-corrected chi connectivity index (χ1v) is 6.65. The quantitative estimate of drug-likeness (QED) is 0.692. The number of nitrogens with two attached hydrogens (primary N) is 1. The van der Waals surface area contributed by atoms with E-state index in [-0.39, 0.29) is 17.5 Å². The molecule has 0 fully saturated rings. The highest BCUT2D eigenvalue weighted by molar-refractivity contribution is 5.95. The zero-order valence-corrected chi connectivity index (χ0v) is 11.7. The lowest BCUT2D eigenvalue weighted by molar-refractivity contribution is 0.0950. The van der Waals surface area contributed by atoms with Gasteiger partial charge in [-0.15, -0.1) is 0 Å². The van der Waals surface area contributed by atoms with E-state index in [0.717, 1.165) is 11.3 Å². The van der Waals surface area contributed by atoms with Crippen LogP contribution in [0.2, 0.25) is 0 Å². The van der Waals surface area contributed by atoms with Crippen LogP contribution in [-0.4, -0.2) is 28.7 Å². The first-order chi connectivity index (χ1) is 9.01. The number of aryl methyl sites for hydroxylation is 1. The van der Waals surface area contributed by atoms with Gasteiger partial charge in [0.15, 0.2) is 0 Å². The number of aromatic amines is 1. The minimum atomic E-state index is -0.438. The Hall–Kier alpha value is -1.69. The van der Waals surface area contributed by atoms with Gasteiger partial charge in [0.1, 0.15) is 5.56 Å². The largest absolute Gasteiger partial charge is 0.352 e. The van der Waals surface area contributed by atoms with Crippen LogP contribution >= 0.6 is 0 Å². The molecule has 6 nitrogen and oxygen atoms in total. The Labute approximate surface area is 112 Å². The highest BCUT2D eigenvalue weighted by atomic mass is 16.2. The molecule has 1 unspecified atom stereocenters. The van der Waals surface area contributed by atoms with Crippen molar-refractivity contribution in [2.24, 2.45) is 5.73 Å². The standard InChI is InChI=1S/C13H22N4O2/c1-4-9-10(5-2)16-17-13(19)11(9)12(18)15-7-6-8(3)14/h8H,4-7,14H2,1-3H3,(H,15,18)(H,17,19). The molecule has 4 N–H and O–H groups in total. The lowest BCUT2D eigenvalue weighted by Crippen LogP contribution is -2.34. The molecular formula is C13H22N4O2. The highest BCUT2D eigenvalue weighted by Crippen LogP contribution is 2.10. The molecule has 0 radical (unpaired) electrons. The van der Waals surface area contributed by atoms with Gasteiger partial charge in [0.2, 0.25) is 0 Å². The zero-order valence-electron chi connectivity index (χ0n) is 11.7. The van der Waals surface area contributed by atoms with Crippen LogP contribution in [0, 0.1) is 0 Å². The van der Waals surface area contributed by atoms with Crippen LogP contribution in [0.3, 0.4) is 0 Å². The van der Waals surface area contributed by atoms with E-state index in [4.69, 9.17) is 5.73 Å². The predicted molar refractivity (Wildman–Crippen MR) is 74.2 cm³/mol. The third-order valence-corrected chi connectivity index (χ3v) is 2.97. The number of aromatic nitrogens is 2. The number of carbonyl (C=O) groups excluding carboxylic acids is 1. The summed E-state index contributed by atoms with van der Waals surface area (Å²) in [4.78, 5) is 23.9. The molecule has 0 aliphatic rings. The van der Waals surface area contributed by atoms with Gasteiger partial charge in [0.05, 0.1) is 5.69 Å². The number of H-pyrrole nitrogens is 1. The minimum absolute atomic E-state index is 0.0212. The zero-order chi connectivity index (χ0) is 14.4. The minimum Gasteiger partial charge on any atom is -0.352 e. The van der Waals surface area contributed by atoms with Gasteiger partial charge in [-0.25, -0.2) is 5.10 Å². The van der Waals surface area contributed by atoms with E-state index >= 15 is 0 Å². The molecule has 1 amide bonds. The van der Waals surface area contributed by atoms with E-state index in [1.807, 2.05) is 20.8 Å². The average Bonchev–Trinajstić information content (AvgIpc) is 2.37. The normalized spacial score (nSPS) is 12.2. The van der Waals surface area contributed by atoms with Crippen molar-refractivity contribution in [2.75, 3.05) is 6.54 Å². The maximum absolute atomic E-state index is 12.1. The van der Waals surface area contributed by atoms with Crippen LogP contribution in [0.1, 0.15) is 48.8 Å². The van der Waals surface area contributed by atoms with Crippen LogP contribution in [0.4, 0.5) is 0 Å². The molecule has 19 heavy (non-hydrogen) atoms. The van der Waals surface area contributed by atoms with Crippen LogP contribution in [0.5, 0.6) is 0 Å². The van der Waals surface area contributed by atoms with Gasteiger partial charge >= 0.3 is 0 Å². The van der Waals surface area contributed by atoms with Gasteiger partial charge in [-0.05, 0) is 31.7 Å². The molecule has 0 spiro atoms. The summed E-state index contributed by atoms with van der Waals surface area (Å²) in [6.07, 6.45) is 1.97. The van der Waals surface area contributed by atoms with E-state index in [0.29, 0.717) is 25.8 Å². The number of amides is 1. The van der Waals surface area contributed by atoms with E-state index in [9.17, 15) is 9.59 Å². The summed E-state index contributed by atoms with van der Waals surface area (Å²) < 4.78 is 0. The fraction of sp³-hybridized carbons (Fsp3) is 0.615. The molecule has 0 saturated heterocycles. The number of hydrogen-bond acceptors (Lipinski definition) is 4. The molecule has 0 aliphatic carbocycles. The first kappa shape index (κ1) is 15.4. The summed E-state index contributed by atoms with van der Waals surface area (Å²) in [6.45, 7) is 6.19. The highest BCUT2D eigenvalue weighted by Gasteiger charge is 2.18. The van der Waals surface area contributed by atoms with Crippen molar-refractivity contribution in [2.45, 2.75) is 46.1 Å². The van der Waals surface area contributed by atoms with E-state index in [2.05, 4.69) is 15.5 Å². The molecule has 0 aromatic carbocycles. The summed E-state index contributed by atoms with van der Waals surface area (Å²) in [7, 11) is 0. The Morgan fingerprint density at radius 1 is 1.42 bits per heavy atom.